The Balaban J connectivity index is 2.24. The lowest BCUT2D eigenvalue weighted by molar-refractivity contribution is 0.100. The van der Waals surface area contributed by atoms with Crippen LogP contribution in [0.15, 0.2) is 59.1 Å². The van der Waals surface area contributed by atoms with E-state index in [-0.39, 0.29) is 21.7 Å². The van der Waals surface area contributed by atoms with Gasteiger partial charge in [0.15, 0.2) is 5.76 Å². The minimum Gasteiger partial charge on any atom is -0.505 e. The Hall–Kier alpha value is -3.11. The summed E-state index contributed by atoms with van der Waals surface area (Å²) in [4.78, 5) is 12.6. The Morgan fingerprint density at radius 3 is 2.38 bits per heavy atom. The van der Waals surface area contributed by atoms with Crippen molar-refractivity contribution in [3.63, 3.8) is 0 Å². The number of rotatable bonds is 1. The molecule has 0 aliphatic carbocycles. The number of sulfonamides is 1. The van der Waals surface area contributed by atoms with Crippen LogP contribution < -0.4 is 0 Å². The molecule has 3 rings (SSSR count). The molecule has 120 valence electrons. The monoisotopic (exact) mass is 340 g/mol. The summed E-state index contributed by atoms with van der Waals surface area (Å²) < 4.78 is 25.9. The van der Waals surface area contributed by atoms with E-state index in [0.717, 1.165) is 4.31 Å². The van der Waals surface area contributed by atoms with Crippen molar-refractivity contribution in [1.29, 1.82) is 5.26 Å². The second-order valence-electron chi connectivity index (χ2n) is 5.18. The molecule has 0 unspecified atom stereocenters. The van der Waals surface area contributed by atoms with Gasteiger partial charge in [-0.25, -0.2) is 8.42 Å². The first-order valence-corrected chi connectivity index (χ1v) is 8.38. The summed E-state index contributed by atoms with van der Waals surface area (Å²) in [6.45, 7) is 0. The van der Waals surface area contributed by atoms with Crippen LogP contribution >= 0.6 is 0 Å². The standard InChI is InChI=1S/C17H12N2O4S/c1-19-15(16(20)12-8-6-11(10-18)7-9-12)17(21)13-4-2-3-5-14(13)24(19,22)23/h2-9,20H,1H3. The maximum absolute atomic E-state index is 12.7. The summed E-state index contributed by atoms with van der Waals surface area (Å²) in [5.74, 6) is -1.03. The lowest BCUT2D eigenvalue weighted by Crippen LogP contribution is -2.37. The van der Waals surface area contributed by atoms with E-state index in [1.54, 1.807) is 6.07 Å². The number of hydrogen-bond donors (Lipinski definition) is 1. The van der Waals surface area contributed by atoms with E-state index in [1.165, 1.54) is 49.5 Å². The molecule has 0 aromatic heterocycles. The number of ketones is 1. The number of aliphatic hydroxyl groups excluding tert-OH is 1. The molecular weight excluding hydrogens is 328 g/mol. The molecule has 0 spiro atoms. The number of carbonyl (C=O) groups excluding carboxylic acids is 1. The van der Waals surface area contributed by atoms with Gasteiger partial charge in [0.25, 0.3) is 10.0 Å². The molecule has 2 aromatic carbocycles. The zero-order valence-electron chi connectivity index (χ0n) is 12.6. The van der Waals surface area contributed by atoms with Crippen LogP contribution in [-0.4, -0.2) is 30.7 Å². The minimum atomic E-state index is -3.93. The Morgan fingerprint density at radius 2 is 1.75 bits per heavy atom. The number of hydrogen-bond acceptors (Lipinski definition) is 5. The zero-order chi connectivity index (χ0) is 17.5. The van der Waals surface area contributed by atoms with E-state index < -0.39 is 21.6 Å². The van der Waals surface area contributed by atoms with Crippen LogP contribution in [-0.2, 0) is 10.0 Å². The predicted octanol–water partition coefficient (Wildman–Crippen LogP) is 2.30. The van der Waals surface area contributed by atoms with Crippen LogP contribution in [0.3, 0.4) is 0 Å². The fourth-order valence-corrected chi connectivity index (χ4v) is 3.91. The van der Waals surface area contributed by atoms with Crippen molar-refractivity contribution in [2.24, 2.45) is 0 Å². The summed E-state index contributed by atoms with van der Waals surface area (Å²) in [7, 11) is -2.71. The zero-order valence-corrected chi connectivity index (χ0v) is 13.4. The van der Waals surface area contributed by atoms with Gasteiger partial charge < -0.3 is 5.11 Å². The van der Waals surface area contributed by atoms with Crippen LogP contribution in [0.1, 0.15) is 21.5 Å². The molecule has 0 radical (unpaired) electrons. The van der Waals surface area contributed by atoms with E-state index in [0.29, 0.717) is 5.56 Å². The van der Waals surface area contributed by atoms with Crippen LogP contribution in [0, 0.1) is 11.3 Å². The smallest absolute Gasteiger partial charge is 0.265 e. The molecule has 6 nitrogen and oxygen atoms in total. The molecule has 1 N–H and O–H groups in total. The van der Waals surface area contributed by atoms with Crippen LogP contribution in [0.5, 0.6) is 0 Å². The average molecular weight is 340 g/mol. The van der Waals surface area contributed by atoms with Crippen molar-refractivity contribution in [3.05, 3.63) is 70.9 Å². The van der Waals surface area contributed by atoms with Gasteiger partial charge in [0.1, 0.15) is 5.70 Å². The lowest BCUT2D eigenvalue weighted by atomic mass is 10.0. The number of nitrogens with zero attached hydrogens (tertiary/aromatic N) is 2. The van der Waals surface area contributed by atoms with E-state index in [4.69, 9.17) is 5.26 Å². The molecule has 0 saturated carbocycles. The first-order valence-electron chi connectivity index (χ1n) is 6.94. The number of carbonyl (C=O) groups is 1. The molecule has 0 bridgehead atoms. The third-order valence-electron chi connectivity index (χ3n) is 3.81. The first-order chi connectivity index (χ1) is 11.4. The van der Waals surface area contributed by atoms with E-state index in [9.17, 15) is 18.3 Å². The fourth-order valence-electron chi connectivity index (χ4n) is 2.51. The molecule has 0 fully saturated rings. The molecule has 24 heavy (non-hydrogen) atoms. The molecule has 1 aliphatic heterocycles. The van der Waals surface area contributed by atoms with Crippen LogP contribution in [0.4, 0.5) is 0 Å². The highest BCUT2D eigenvalue weighted by Gasteiger charge is 2.39. The molecule has 1 heterocycles. The summed E-state index contributed by atoms with van der Waals surface area (Å²) in [6, 6.07) is 13.7. The quantitative estimate of drug-likeness (QED) is 0.634. The van der Waals surface area contributed by atoms with Gasteiger partial charge in [-0.1, -0.05) is 12.1 Å². The second kappa shape index (κ2) is 5.51. The van der Waals surface area contributed by atoms with Gasteiger partial charge >= 0.3 is 0 Å². The number of aliphatic hydroxyl groups is 1. The molecule has 7 heteroatoms. The van der Waals surface area contributed by atoms with Gasteiger partial charge in [-0.3, -0.25) is 9.10 Å². The third-order valence-corrected chi connectivity index (χ3v) is 5.63. The summed E-state index contributed by atoms with van der Waals surface area (Å²) in [5, 5.41) is 19.3. The van der Waals surface area contributed by atoms with Crippen molar-refractivity contribution in [2.45, 2.75) is 4.90 Å². The van der Waals surface area contributed by atoms with Crippen molar-refractivity contribution < 1.29 is 18.3 Å². The molecular formula is C17H12N2O4S. The first kappa shape index (κ1) is 15.8. The number of nitriles is 1. The molecule has 0 amide bonds. The van der Waals surface area contributed by atoms with Crippen molar-refractivity contribution in [2.75, 3.05) is 7.05 Å². The largest absolute Gasteiger partial charge is 0.505 e. The Kier molecular flexibility index (Phi) is 3.62. The van der Waals surface area contributed by atoms with Crippen molar-refractivity contribution >= 4 is 21.6 Å². The number of Topliss-reactive ketones (excluding diaryl/α,β-unsaturated/α-hetero) is 1. The van der Waals surface area contributed by atoms with Crippen molar-refractivity contribution in [1.82, 2.24) is 4.31 Å². The third kappa shape index (κ3) is 2.25. The highest BCUT2D eigenvalue weighted by atomic mass is 32.2. The Morgan fingerprint density at radius 1 is 1.12 bits per heavy atom. The normalized spacial score (nSPS) is 17.8. The van der Waals surface area contributed by atoms with E-state index in [2.05, 4.69) is 0 Å². The van der Waals surface area contributed by atoms with Crippen LogP contribution in [0.25, 0.3) is 5.76 Å². The summed E-state index contributed by atoms with van der Waals surface area (Å²) in [6.07, 6.45) is 0. The highest BCUT2D eigenvalue weighted by molar-refractivity contribution is 7.89. The fraction of sp³-hybridized carbons (Fsp3) is 0.0588. The number of likely N-dealkylation sites (N-methyl/N-ethyl adjacent to an activating group) is 1. The van der Waals surface area contributed by atoms with Gasteiger partial charge in [0, 0.05) is 18.2 Å². The van der Waals surface area contributed by atoms with Gasteiger partial charge in [-0.15, -0.1) is 0 Å². The number of fused-ring (bicyclic) bond motifs is 1. The SMILES string of the molecule is CN1C(=C(O)c2ccc(C#N)cc2)C(=O)c2ccccc2S1(=O)=O. The van der Waals surface area contributed by atoms with Gasteiger partial charge in [-0.2, -0.15) is 5.26 Å². The maximum Gasteiger partial charge on any atom is 0.265 e. The van der Waals surface area contributed by atoms with Gasteiger partial charge in [-0.05, 0) is 36.4 Å². The Bertz CT molecular complexity index is 1020. The minimum absolute atomic E-state index is 0.0193. The van der Waals surface area contributed by atoms with E-state index in [1.807, 2.05) is 6.07 Å². The molecule has 0 atom stereocenters. The van der Waals surface area contributed by atoms with Crippen LogP contribution in [0.2, 0.25) is 0 Å². The van der Waals surface area contributed by atoms with Crippen molar-refractivity contribution in [3.8, 4) is 6.07 Å². The topological polar surface area (TPSA) is 98.5 Å². The summed E-state index contributed by atoms with van der Waals surface area (Å²) >= 11 is 0. The molecule has 0 saturated heterocycles. The molecule has 1 aliphatic rings. The number of allylic oxidation sites excluding steroid dienone is 1. The van der Waals surface area contributed by atoms with Gasteiger partial charge in [0.05, 0.1) is 16.5 Å². The average Bonchev–Trinajstić information content (AvgIpc) is 2.60. The lowest BCUT2D eigenvalue weighted by Gasteiger charge is -2.28. The highest BCUT2D eigenvalue weighted by Crippen LogP contribution is 2.34. The second-order valence-corrected chi connectivity index (χ2v) is 7.12. The summed E-state index contributed by atoms with van der Waals surface area (Å²) in [5.41, 5.74) is 0.334. The van der Waals surface area contributed by atoms with Gasteiger partial charge in [0.2, 0.25) is 5.78 Å². The number of benzene rings is 2. The Labute approximate surface area is 138 Å². The maximum atomic E-state index is 12.7. The molecule has 2 aromatic rings. The predicted molar refractivity (Wildman–Crippen MR) is 86.4 cm³/mol. The van der Waals surface area contributed by atoms with E-state index >= 15 is 0 Å².